The van der Waals surface area contributed by atoms with Gasteiger partial charge in [0.05, 0.1) is 13.2 Å². The van der Waals surface area contributed by atoms with Gasteiger partial charge in [0, 0.05) is 32.8 Å². The van der Waals surface area contributed by atoms with Gasteiger partial charge in [-0.25, -0.2) is 4.98 Å². The van der Waals surface area contributed by atoms with Crippen LogP contribution in [0.1, 0.15) is 19.4 Å². The van der Waals surface area contributed by atoms with E-state index >= 15 is 0 Å². The highest BCUT2D eigenvalue weighted by molar-refractivity contribution is 5.86. The van der Waals surface area contributed by atoms with Gasteiger partial charge < -0.3 is 20.3 Å². The summed E-state index contributed by atoms with van der Waals surface area (Å²) >= 11 is 0. The predicted octanol–water partition coefficient (Wildman–Crippen LogP) is 0.0590. The molecule has 1 aromatic rings. The zero-order valence-electron chi connectivity index (χ0n) is 13.0. The number of nitrogens with one attached hydrogen (secondary N) is 2. The number of hydrogen-bond acceptors (Lipinski definition) is 5. The fourth-order valence-electron chi connectivity index (χ4n) is 2.21. The molecule has 1 aliphatic rings. The van der Waals surface area contributed by atoms with Gasteiger partial charge in [0.15, 0.2) is 0 Å². The van der Waals surface area contributed by atoms with E-state index in [1.54, 1.807) is 13.1 Å². The normalized spacial score (nSPS) is 16.0. The smallest absolute Gasteiger partial charge is 0.242 e. The van der Waals surface area contributed by atoms with E-state index in [9.17, 15) is 9.59 Å². The van der Waals surface area contributed by atoms with Crippen molar-refractivity contribution in [2.24, 2.45) is 0 Å². The lowest BCUT2D eigenvalue weighted by atomic mass is 10.2. The van der Waals surface area contributed by atoms with Crippen molar-refractivity contribution in [2.75, 3.05) is 31.2 Å². The van der Waals surface area contributed by atoms with Crippen LogP contribution in [0.3, 0.4) is 0 Å². The first-order valence-corrected chi connectivity index (χ1v) is 7.38. The van der Waals surface area contributed by atoms with Crippen molar-refractivity contribution in [2.45, 2.75) is 26.4 Å². The summed E-state index contributed by atoms with van der Waals surface area (Å²) < 4.78 is 5.31. The zero-order chi connectivity index (χ0) is 15.9. The fraction of sp³-hybridized carbons (Fsp3) is 0.533. The van der Waals surface area contributed by atoms with Gasteiger partial charge in [-0.3, -0.25) is 9.59 Å². The quantitative estimate of drug-likeness (QED) is 0.804. The molecule has 0 aromatic carbocycles. The van der Waals surface area contributed by atoms with Crippen molar-refractivity contribution in [3.63, 3.8) is 0 Å². The van der Waals surface area contributed by atoms with E-state index in [-0.39, 0.29) is 11.8 Å². The lowest BCUT2D eigenvalue weighted by molar-refractivity contribution is -0.127. The summed E-state index contributed by atoms with van der Waals surface area (Å²) in [4.78, 5) is 29.3. The summed E-state index contributed by atoms with van der Waals surface area (Å²) in [6, 6.07) is 3.35. The molecule has 22 heavy (non-hydrogen) atoms. The Morgan fingerprint density at radius 3 is 2.68 bits per heavy atom. The Labute approximate surface area is 130 Å². The summed E-state index contributed by atoms with van der Waals surface area (Å²) in [6.45, 7) is 6.56. The molecule has 0 radical (unpaired) electrons. The number of ether oxygens (including phenoxy) is 1. The number of hydrogen-bond donors (Lipinski definition) is 2. The first-order valence-electron chi connectivity index (χ1n) is 7.38. The maximum absolute atomic E-state index is 11.8. The number of anilines is 1. The number of rotatable bonds is 5. The van der Waals surface area contributed by atoms with Gasteiger partial charge in [0.1, 0.15) is 11.9 Å². The Hall–Kier alpha value is -2.15. The summed E-state index contributed by atoms with van der Waals surface area (Å²) in [5.41, 5.74) is 0.917. The van der Waals surface area contributed by atoms with Crippen LogP contribution in [0, 0.1) is 0 Å². The third kappa shape index (κ3) is 4.70. The van der Waals surface area contributed by atoms with Crippen molar-refractivity contribution in [3.8, 4) is 0 Å². The van der Waals surface area contributed by atoms with Gasteiger partial charge in [-0.05, 0) is 18.6 Å². The molecule has 7 nitrogen and oxygen atoms in total. The first kappa shape index (κ1) is 16.2. The minimum absolute atomic E-state index is 0.215. The second-order valence-electron chi connectivity index (χ2n) is 5.26. The average molecular weight is 306 g/mol. The summed E-state index contributed by atoms with van der Waals surface area (Å²) in [5, 5.41) is 5.32. The van der Waals surface area contributed by atoms with Gasteiger partial charge in [-0.2, -0.15) is 0 Å². The van der Waals surface area contributed by atoms with Gasteiger partial charge in [0.25, 0.3) is 0 Å². The topological polar surface area (TPSA) is 83.6 Å². The van der Waals surface area contributed by atoms with E-state index in [4.69, 9.17) is 4.74 Å². The molecule has 1 saturated heterocycles. The Balaban J connectivity index is 1.83. The fourth-order valence-corrected chi connectivity index (χ4v) is 2.21. The maximum Gasteiger partial charge on any atom is 0.242 e. The minimum atomic E-state index is -0.543. The number of amides is 2. The molecule has 1 aliphatic heterocycles. The number of carbonyl (C=O) groups excluding carboxylic acids is 2. The highest BCUT2D eigenvalue weighted by atomic mass is 16.5. The van der Waals surface area contributed by atoms with Gasteiger partial charge in [-0.1, -0.05) is 6.07 Å². The second-order valence-corrected chi connectivity index (χ2v) is 5.26. The second kappa shape index (κ2) is 7.74. The van der Waals surface area contributed by atoms with Crippen LogP contribution in [0.15, 0.2) is 18.3 Å². The SMILES string of the molecule is CC(=O)N[C@@H](C)C(=O)NCc1ccc(N2CCOCC2)nc1. The minimum Gasteiger partial charge on any atom is -0.378 e. The standard InChI is InChI=1S/C15H22N4O3/c1-11(18-12(2)20)15(21)17-10-13-3-4-14(16-9-13)19-5-7-22-8-6-19/h3-4,9,11H,5-8,10H2,1-2H3,(H,17,21)(H,18,20)/t11-/m0/s1. The van der Waals surface area contributed by atoms with Crippen molar-refractivity contribution >= 4 is 17.6 Å². The van der Waals surface area contributed by atoms with Gasteiger partial charge >= 0.3 is 0 Å². The van der Waals surface area contributed by atoms with Gasteiger partial charge in [-0.15, -0.1) is 0 Å². The van der Waals surface area contributed by atoms with Crippen LogP contribution in [0.5, 0.6) is 0 Å². The van der Waals surface area contributed by atoms with Crippen LogP contribution in [0.4, 0.5) is 5.82 Å². The number of pyridine rings is 1. The van der Waals surface area contributed by atoms with E-state index in [1.165, 1.54) is 6.92 Å². The molecule has 2 amide bonds. The number of aromatic nitrogens is 1. The highest BCUT2D eigenvalue weighted by Crippen LogP contribution is 2.12. The summed E-state index contributed by atoms with van der Waals surface area (Å²) in [5.74, 6) is 0.483. The van der Waals surface area contributed by atoms with Crippen LogP contribution in [0.25, 0.3) is 0 Å². The molecule has 0 spiro atoms. The number of morpholine rings is 1. The van der Waals surface area contributed by atoms with Crippen molar-refractivity contribution in [3.05, 3.63) is 23.9 Å². The summed E-state index contributed by atoms with van der Waals surface area (Å²) in [7, 11) is 0. The van der Waals surface area contributed by atoms with Crippen molar-refractivity contribution in [1.82, 2.24) is 15.6 Å². The Kier molecular flexibility index (Phi) is 5.71. The predicted molar refractivity (Wildman–Crippen MR) is 82.4 cm³/mol. The third-order valence-corrected chi connectivity index (χ3v) is 3.42. The Bertz CT molecular complexity index is 512. The van der Waals surface area contributed by atoms with Crippen LogP contribution in [-0.2, 0) is 20.9 Å². The van der Waals surface area contributed by atoms with Gasteiger partial charge in [0.2, 0.25) is 11.8 Å². The molecule has 1 fully saturated rings. The maximum atomic E-state index is 11.8. The molecule has 0 aliphatic carbocycles. The van der Waals surface area contributed by atoms with E-state index in [0.29, 0.717) is 6.54 Å². The lowest BCUT2D eigenvalue weighted by Crippen LogP contribution is -2.43. The van der Waals surface area contributed by atoms with E-state index in [1.807, 2.05) is 12.1 Å². The molecule has 0 bridgehead atoms. The molecule has 0 unspecified atom stereocenters. The Morgan fingerprint density at radius 2 is 2.09 bits per heavy atom. The van der Waals surface area contributed by atoms with E-state index < -0.39 is 6.04 Å². The molecule has 0 saturated carbocycles. The molecule has 1 aromatic heterocycles. The van der Waals surface area contributed by atoms with Crippen molar-refractivity contribution < 1.29 is 14.3 Å². The van der Waals surface area contributed by atoms with E-state index in [0.717, 1.165) is 37.7 Å². The first-order chi connectivity index (χ1) is 10.6. The van der Waals surface area contributed by atoms with Crippen LogP contribution < -0.4 is 15.5 Å². The summed E-state index contributed by atoms with van der Waals surface area (Å²) in [6.07, 6.45) is 1.76. The molecule has 120 valence electrons. The van der Waals surface area contributed by atoms with Crippen LogP contribution in [0.2, 0.25) is 0 Å². The number of carbonyl (C=O) groups is 2. The molecular formula is C15H22N4O3. The highest BCUT2D eigenvalue weighted by Gasteiger charge is 2.14. The van der Waals surface area contributed by atoms with Crippen LogP contribution in [-0.4, -0.2) is 49.1 Å². The van der Waals surface area contributed by atoms with Crippen molar-refractivity contribution in [1.29, 1.82) is 0 Å². The Morgan fingerprint density at radius 1 is 1.36 bits per heavy atom. The largest absolute Gasteiger partial charge is 0.378 e. The zero-order valence-corrected chi connectivity index (χ0v) is 13.0. The molecular weight excluding hydrogens is 284 g/mol. The third-order valence-electron chi connectivity index (χ3n) is 3.42. The molecule has 1 atom stereocenters. The number of nitrogens with zero attached hydrogens (tertiary/aromatic N) is 2. The average Bonchev–Trinajstić information content (AvgIpc) is 2.53. The molecule has 2 heterocycles. The van der Waals surface area contributed by atoms with E-state index in [2.05, 4.69) is 20.5 Å². The molecule has 7 heteroatoms. The monoisotopic (exact) mass is 306 g/mol. The van der Waals surface area contributed by atoms with Crippen LogP contribution >= 0.6 is 0 Å². The molecule has 2 rings (SSSR count). The molecule has 2 N–H and O–H groups in total. The lowest BCUT2D eigenvalue weighted by Gasteiger charge is -2.27.